The molecule has 0 fully saturated rings. The van der Waals surface area contributed by atoms with Crippen LogP contribution in [-0.4, -0.2) is 18.9 Å². The second kappa shape index (κ2) is 5.76. The first-order valence-corrected chi connectivity index (χ1v) is 8.63. The Morgan fingerprint density at radius 1 is 1.12 bits per heavy atom. The van der Waals surface area contributed by atoms with Gasteiger partial charge in [-0.25, -0.2) is 0 Å². The van der Waals surface area contributed by atoms with Crippen molar-refractivity contribution in [3.63, 3.8) is 0 Å². The lowest BCUT2D eigenvalue weighted by Crippen LogP contribution is -2.31. The Hall–Kier alpha value is -2.66. The highest BCUT2D eigenvalue weighted by atomic mass is 32.1. The van der Waals surface area contributed by atoms with Crippen molar-refractivity contribution in [2.45, 2.75) is 12.8 Å². The number of hydrogen-bond donors (Lipinski definition) is 1. The van der Waals surface area contributed by atoms with E-state index in [0.717, 1.165) is 27.0 Å². The molecule has 4 rings (SSSR count). The fourth-order valence-corrected chi connectivity index (χ4v) is 3.98. The summed E-state index contributed by atoms with van der Waals surface area (Å²) in [6.07, 6.45) is 1.22. The van der Waals surface area contributed by atoms with Gasteiger partial charge in [-0.2, -0.15) is 0 Å². The molecule has 3 aromatic rings. The van der Waals surface area contributed by atoms with E-state index < -0.39 is 0 Å². The molecule has 0 aliphatic carbocycles. The second-order valence-corrected chi connectivity index (χ2v) is 6.98. The van der Waals surface area contributed by atoms with Gasteiger partial charge in [0.25, 0.3) is 5.91 Å². The van der Waals surface area contributed by atoms with E-state index >= 15 is 0 Å². The highest BCUT2D eigenvalue weighted by molar-refractivity contribution is 7.20. The first kappa shape index (κ1) is 14.9. The molecular weight excluding hydrogens is 320 g/mol. The Morgan fingerprint density at radius 2 is 1.96 bits per heavy atom. The van der Waals surface area contributed by atoms with Crippen molar-refractivity contribution in [2.75, 3.05) is 17.3 Å². The van der Waals surface area contributed by atoms with Gasteiger partial charge in [0, 0.05) is 29.5 Å². The topological polar surface area (TPSA) is 49.4 Å². The molecule has 0 spiro atoms. The third-order valence-electron chi connectivity index (χ3n) is 4.33. The molecule has 1 aliphatic heterocycles. The number of thiophene rings is 1. The number of nitrogens with one attached hydrogen (secondary N) is 1. The van der Waals surface area contributed by atoms with Crippen molar-refractivity contribution < 1.29 is 9.59 Å². The van der Waals surface area contributed by atoms with E-state index in [4.69, 9.17) is 0 Å². The van der Waals surface area contributed by atoms with Crippen LogP contribution in [0.1, 0.15) is 21.7 Å². The van der Waals surface area contributed by atoms with Crippen molar-refractivity contribution in [3.05, 3.63) is 59.0 Å². The predicted molar refractivity (Wildman–Crippen MR) is 98.0 cm³/mol. The number of rotatable bonds is 2. The third-order valence-corrected chi connectivity index (χ3v) is 5.45. The van der Waals surface area contributed by atoms with Gasteiger partial charge in [-0.1, -0.05) is 18.2 Å². The van der Waals surface area contributed by atoms with Gasteiger partial charge in [0.05, 0.1) is 4.88 Å². The van der Waals surface area contributed by atoms with E-state index in [1.807, 2.05) is 48.5 Å². The molecule has 24 heavy (non-hydrogen) atoms. The fourth-order valence-electron chi connectivity index (χ4n) is 3.02. The Balaban J connectivity index is 1.59. The molecule has 0 saturated heterocycles. The molecule has 0 saturated carbocycles. The monoisotopic (exact) mass is 336 g/mol. The molecule has 2 heterocycles. The van der Waals surface area contributed by atoms with Crippen LogP contribution >= 0.6 is 11.3 Å². The summed E-state index contributed by atoms with van der Waals surface area (Å²) in [6.45, 7) is 0. The van der Waals surface area contributed by atoms with E-state index in [2.05, 4.69) is 5.32 Å². The summed E-state index contributed by atoms with van der Waals surface area (Å²) < 4.78 is 1.10. The molecule has 5 heteroatoms. The minimum atomic E-state index is -0.101. The van der Waals surface area contributed by atoms with Gasteiger partial charge in [0.1, 0.15) is 0 Å². The maximum absolute atomic E-state index is 12.5. The first-order chi connectivity index (χ1) is 11.6. The number of amides is 2. The lowest BCUT2D eigenvalue weighted by molar-refractivity contribution is -0.118. The van der Waals surface area contributed by atoms with Gasteiger partial charge in [-0.15, -0.1) is 11.3 Å². The molecule has 120 valence electrons. The van der Waals surface area contributed by atoms with Crippen molar-refractivity contribution in [1.29, 1.82) is 0 Å². The Bertz CT molecular complexity index is 928. The van der Waals surface area contributed by atoms with Crippen molar-refractivity contribution in [1.82, 2.24) is 0 Å². The number of anilines is 2. The average Bonchev–Trinajstić information content (AvgIpc) is 3.02. The van der Waals surface area contributed by atoms with Gasteiger partial charge in [0.15, 0.2) is 0 Å². The lowest BCUT2D eigenvalue weighted by Gasteiger charge is -2.26. The molecule has 0 atom stereocenters. The van der Waals surface area contributed by atoms with Gasteiger partial charge in [-0.05, 0) is 47.7 Å². The number of benzene rings is 2. The van der Waals surface area contributed by atoms with Crippen LogP contribution in [0.15, 0.2) is 48.5 Å². The van der Waals surface area contributed by atoms with Crippen LogP contribution in [0.2, 0.25) is 0 Å². The van der Waals surface area contributed by atoms with Crippen molar-refractivity contribution in [2.24, 2.45) is 0 Å². The van der Waals surface area contributed by atoms with Crippen LogP contribution in [0, 0.1) is 0 Å². The number of aryl methyl sites for hydroxylation is 1. The summed E-state index contributed by atoms with van der Waals surface area (Å²) in [5, 5.41) is 4.05. The zero-order valence-corrected chi connectivity index (χ0v) is 14.0. The molecule has 1 aromatic heterocycles. The molecule has 1 N–H and O–H groups in total. The smallest absolute Gasteiger partial charge is 0.265 e. The van der Waals surface area contributed by atoms with Gasteiger partial charge >= 0.3 is 0 Å². The van der Waals surface area contributed by atoms with E-state index in [1.165, 1.54) is 11.3 Å². The quantitative estimate of drug-likeness (QED) is 0.767. The Labute approximate surface area is 143 Å². The summed E-state index contributed by atoms with van der Waals surface area (Å²) in [4.78, 5) is 26.6. The number of carbonyl (C=O) groups excluding carboxylic acids is 2. The second-order valence-electron chi connectivity index (χ2n) is 5.90. The average molecular weight is 336 g/mol. The molecule has 1 aliphatic rings. The Morgan fingerprint density at radius 3 is 2.79 bits per heavy atom. The van der Waals surface area contributed by atoms with Gasteiger partial charge < -0.3 is 10.2 Å². The minimum absolute atomic E-state index is 0.101. The van der Waals surface area contributed by atoms with E-state index in [-0.39, 0.29) is 11.8 Å². The van der Waals surface area contributed by atoms with Crippen LogP contribution in [-0.2, 0) is 11.2 Å². The molecule has 2 aromatic carbocycles. The van der Waals surface area contributed by atoms with Crippen LogP contribution in [0.4, 0.5) is 11.4 Å². The summed E-state index contributed by atoms with van der Waals surface area (Å²) in [7, 11) is 1.79. The lowest BCUT2D eigenvalue weighted by atomic mass is 10.0. The van der Waals surface area contributed by atoms with E-state index in [9.17, 15) is 9.59 Å². The first-order valence-electron chi connectivity index (χ1n) is 7.81. The van der Waals surface area contributed by atoms with Crippen LogP contribution in [0.25, 0.3) is 10.1 Å². The number of carbonyl (C=O) groups is 2. The minimum Gasteiger partial charge on any atom is -0.321 e. The van der Waals surface area contributed by atoms with Crippen molar-refractivity contribution in [3.8, 4) is 0 Å². The largest absolute Gasteiger partial charge is 0.321 e. The summed E-state index contributed by atoms with van der Waals surface area (Å²) in [5.41, 5.74) is 2.77. The van der Waals surface area contributed by atoms with Crippen LogP contribution < -0.4 is 10.2 Å². The zero-order valence-electron chi connectivity index (χ0n) is 13.2. The van der Waals surface area contributed by atoms with Gasteiger partial charge in [0.2, 0.25) is 5.91 Å². The standard InChI is InChI=1S/C19H16N2O2S/c1-21-15-8-7-14(10-12(15)6-9-18(21)22)20-19(23)17-11-13-4-2-3-5-16(13)24-17/h2-5,7-8,10-11H,6,9H2,1H3,(H,20,23). The van der Waals surface area contributed by atoms with Crippen LogP contribution in [0.5, 0.6) is 0 Å². The third kappa shape index (κ3) is 2.57. The van der Waals surface area contributed by atoms with Gasteiger partial charge in [-0.3, -0.25) is 9.59 Å². The van der Waals surface area contributed by atoms with Crippen molar-refractivity contribution >= 4 is 44.6 Å². The number of fused-ring (bicyclic) bond motifs is 2. The number of nitrogens with zero attached hydrogens (tertiary/aromatic N) is 1. The summed E-state index contributed by atoms with van der Waals surface area (Å²) in [6, 6.07) is 15.6. The molecule has 2 amide bonds. The molecule has 0 bridgehead atoms. The highest BCUT2D eigenvalue weighted by Gasteiger charge is 2.21. The summed E-state index contributed by atoms with van der Waals surface area (Å²) >= 11 is 1.49. The Kier molecular flexibility index (Phi) is 3.58. The molecule has 4 nitrogen and oxygen atoms in total. The maximum atomic E-state index is 12.5. The molecule has 0 radical (unpaired) electrons. The normalized spacial score (nSPS) is 13.9. The zero-order chi connectivity index (χ0) is 16.7. The highest BCUT2D eigenvalue weighted by Crippen LogP contribution is 2.30. The molecule has 0 unspecified atom stereocenters. The fraction of sp³-hybridized carbons (Fsp3) is 0.158. The SMILES string of the molecule is CN1C(=O)CCc2cc(NC(=O)c3cc4ccccc4s3)ccc21. The van der Waals surface area contributed by atoms with E-state index in [0.29, 0.717) is 17.7 Å². The molecular formula is C19H16N2O2S. The maximum Gasteiger partial charge on any atom is 0.265 e. The predicted octanol–water partition coefficient (Wildman–Crippen LogP) is 4.06. The number of hydrogen-bond acceptors (Lipinski definition) is 3. The van der Waals surface area contributed by atoms with E-state index in [1.54, 1.807) is 11.9 Å². The summed E-state index contributed by atoms with van der Waals surface area (Å²) in [5.74, 6) is 0.0287. The van der Waals surface area contributed by atoms with Crippen LogP contribution in [0.3, 0.4) is 0 Å².